The van der Waals surface area contributed by atoms with Crippen LogP contribution < -0.4 is 10.6 Å². The first kappa shape index (κ1) is 16.8. The van der Waals surface area contributed by atoms with E-state index < -0.39 is 0 Å². The lowest BCUT2D eigenvalue weighted by Gasteiger charge is -2.12. The molecular weight excluding hydrogens is 334 g/mol. The highest BCUT2D eigenvalue weighted by molar-refractivity contribution is 6.01. The summed E-state index contributed by atoms with van der Waals surface area (Å²) in [5.41, 5.74) is 3.83. The highest BCUT2D eigenvalue weighted by Crippen LogP contribution is 2.21. The Bertz CT molecular complexity index is 1080. The second kappa shape index (κ2) is 7.70. The highest BCUT2D eigenvalue weighted by atomic mass is 16.2. The van der Waals surface area contributed by atoms with Gasteiger partial charge in [0.15, 0.2) is 0 Å². The Morgan fingerprint density at radius 1 is 0.815 bits per heavy atom. The molecule has 0 atom stereocenters. The van der Waals surface area contributed by atoms with E-state index in [2.05, 4.69) is 27.8 Å². The van der Waals surface area contributed by atoms with Gasteiger partial charge in [-0.1, -0.05) is 54.6 Å². The first-order valence-corrected chi connectivity index (χ1v) is 8.81. The molecule has 0 aliphatic carbocycles. The van der Waals surface area contributed by atoms with E-state index in [4.69, 9.17) is 0 Å². The second-order valence-electron chi connectivity index (χ2n) is 6.34. The van der Waals surface area contributed by atoms with Crippen LogP contribution in [0.25, 0.3) is 10.8 Å². The Labute approximate surface area is 157 Å². The van der Waals surface area contributed by atoms with Gasteiger partial charge in [-0.2, -0.15) is 0 Å². The SMILES string of the molecule is O=C(Nc1ccc2cnccc2c1)Nc1ccccc1Cc1ccccc1. The number of pyridine rings is 1. The highest BCUT2D eigenvalue weighted by Gasteiger charge is 2.08. The van der Waals surface area contributed by atoms with Crippen LogP contribution in [0, 0.1) is 0 Å². The normalized spacial score (nSPS) is 10.5. The van der Waals surface area contributed by atoms with Crippen LogP contribution in [0.3, 0.4) is 0 Å². The third-order valence-corrected chi connectivity index (χ3v) is 4.40. The summed E-state index contributed by atoms with van der Waals surface area (Å²) in [6.07, 6.45) is 4.31. The van der Waals surface area contributed by atoms with E-state index >= 15 is 0 Å². The monoisotopic (exact) mass is 353 g/mol. The fourth-order valence-corrected chi connectivity index (χ4v) is 3.06. The number of benzene rings is 3. The molecule has 0 saturated heterocycles. The Hall–Kier alpha value is -3.66. The largest absolute Gasteiger partial charge is 0.323 e. The fraction of sp³-hybridized carbons (Fsp3) is 0.0435. The Morgan fingerprint density at radius 3 is 2.52 bits per heavy atom. The summed E-state index contributed by atoms with van der Waals surface area (Å²) in [6, 6.07) is 25.5. The van der Waals surface area contributed by atoms with E-state index in [1.807, 2.05) is 66.7 Å². The molecular formula is C23H19N3O. The average molecular weight is 353 g/mol. The molecule has 4 rings (SSSR count). The second-order valence-corrected chi connectivity index (χ2v) is 6.34. The molecule has 3 aromatic carbocycles. The molecule has 0 aliphatic heterocycles. The maximum atomic E-state index is 12.5. The zero-order valence-corrected chi connectivity index (χ0v) is 14.7. The van der Waals surface area contributed by atoms with Gasteiger partial charge >= 0.3 is 6.03 Å². The lowest BCUT2D eigenvalue weighted by molar-refractivity contribution is 0.262. The third-order valence-electron chi connectivity index (χ3n) is 4.40. The molecule has 0 saturated carbocycles. The molecule has 0 aliphatic rings. The number of nitrogens with zero attached hydrogens (tertiary/aromatic N) is 1. The Kier molecular flexibility index (Phi) is 4.79. The average Bonchev–Trinajstić information content (AvgIpc) is 2.70. The van der Waals surface area contributed by atoms with Gasteiger partial charge in [-0.25, -0.2) is 4.79 Å². The first-order valence-electron chi connectivity index (χ1n) is 8.81. The number of nitrogens with one attached hydrogen (secondary N) is 2. The van der Waals surface area contributed by atoms with Gasteiger partial charge in [-0.15, -0.1) is 0 Å². The van der Waals surface area contributed by atoms with Crippen molar-refractivity contribution < 1.29 is 4.79 Å². The number of carbonyl (C=O) groups excluding carboxylic acids is 1. The quantitative estimate of drug-likeness (QED) is 0.511. The maximum Gasteiger partial charge on any atom is 0.323 e. The minimum atomic E-state index is -0.260. The molecule has 2 amide bonds. The van der Waals surface area contributed by atoms with Crippen molar-refractivity contribution in [1.82, 2.24) is 4.98 Å². The van der Waals surface area contributed by atoms with E-state index in [-0.39, 0.29) is 6.03 Å². The number of hydrogen-bond acceptors (Lipinski definition) is 2. The fourth-order valence-electron chi connectivity index (χ4n) is 3.06. The molecule has 0 unspecified atom stereocenters. The van der Waals surface area contributed by atoms with Crippen LogP contribution in [0.1, 0.15) is 11.1 Å². The lowest BCUT2D eigenvalue weighted by atomic mass is 10.0. The van der Waals surface area contributed by atoms with Crippen molar-refractivity contribution in [3.8, 4) is 0 Å². The Balaban J connectivity index is 1.49. The van der Waals surface area contributed by atoms with Crippen LogP contribution in [0.2, 0.25) is 0 Å². The number of aromatic nitrogens is 1. The maximum absolute atomic E-state index is 12.5. The van der Waals surface area contributed by atoms with Crippen molar-refractivity contribution in [3.63, 3.8) is 0 Å². The van der Waals surface area contributed by atoms with Crippen LogP contribution in [0.15, 0.2) is 91.3 Å². The molecule has 4 heteroatoms. The number of amides is 2. The van der Waals surface area contributed by atoms with Gasteiger partial charge in [0, 0.05) is 29.2 Å². The topological polar surface area (TPSA) is 54.0 Å². The standard InChI is InChI=1S/C23H19N3O/c27-23(25-21-11-10-20-16-24-13-12-18(20)15-21)26-22-9-5-4-8-19(22)14-17-6-2-1-3-7-17/h1-13,15-16H,14H2,(H2,25,26,27). The van der Waals surface area contributed by atoms with Crippen molar-refractivity contribution in [2.24, 2.45) is 0 Å². The molecule has 2 N–H and O–H groups in total. The van der Waals surface area contributed by atoms with Crippen molar-refractivity contribution in [2.75, 3.05) is 10.6 Å². The summed E-state index contributed by atoms with van der Waals surface area (Å²) in [4.78, 5) is 16.6. The van der Waals surface area contributed by atoms with E-state index in [1.54, 1.807) is 12.4 Å². The first-order chi connectivity index (χ1) is 13.3. The number of urea groups is 1. The Morgan fingerprint density at radius 2 is 1.63 bits per heavy atom. The molecule has 1 heterocycles. The van der Waals surface area contributed by atoms with Crippen LogP contribution in [-0.2, 0) is 6.42 Å². The summed E-state index contributed by atoms with van der Waals surface area (Å²) in [7, 11) is 0. The molecule has 0 bridgehead atoms. The smallest absolute Gasteiger partial charge is 0.308 e. The number of carbonyl (C=O) groups is 1. The molecule has 0 radical (unpaired) electrons. The van der Waals surface area contributed by atoms with Crippen molar-refractivity contribution in [3.05, 3.63) is 102 Å². The molecule has 4 aromatic rings. The van der Waals surface area contributed by atoms with Gasteiger partial charge in [0.2, 0.25) is 0 Å². The summed E-state index contributed by atoms with van der Waals surface area (Å²) in [5.74, 6) is 0. The number of para-hydroxylation sites is 1. The van der Waals surface area contributed by atoms with Gasteiger partial charge in [-0.05, 0) is 47.2 Å². The summed E-state index contributed by atoms with van der Waals surface area (Å²) in [5, 5.41) is 7.94. The zero-order chi connectivity index (χ0) is 18.5. The summed E-state index contributed by atoms with van der Waals surface area (Å²) in [6.45, 7) is 0. The van der Waals surface area contributed by atoms with Gasteiger partial charge in [0.25, 0.3) is 0 Å². The van der Waals surface area contributed by atoms with Crippen LogP contribution in [0.5, 0.6) is 0 Å². The predicted molar refractivity (Wildman–Crippen MR) is 110 cm³/mol. The number of fused-ring (bicyclic) bond motifs is 1. The van der Waals surface area contributed by atoms with Crippen molar-refractivity contribution in [1.29, 1.82) is 0 Å². The van der Waals surface area contributed by atoms with Gasteiger partial charge in [0.1, 0.15) is 0 Å². The van der Waals surface area contributed by atoms with E-state index in [9.17, 15) is 4.79 Å². The minimum Gasteiger partial charge on any atom is -0.308 e. The summed E-state index contributed by atoms with van der Waals surface area (Å²) >= 11 is 0. The molecule has 27 heavy (non-hydrogen) atoms. The van der Waals surface area contributed by atoms with E-state index in [0.29, 0.717) is 0 Å². The van der Waals surface area contributed by atoms with Crippen LogP contribution >= 0.6 is 0 Å². The predicted octanol–water partition coefficient (Wildman–Crippen LogP) is 5.47. The van der Waals surface area contributed by atoms with Gasteiger partial charge in [-0.3, -0.25) is 4.98 Å². The van der Waals surface area contributed by atoms with Crippen LogP contribution in [-0.4, -0.2) is 11.0 Å². The van der Waals surface area contributed by atoms with Gasteiger partial charge in [0.05, 0.1) is 0 Å². The number of hydrogen-bond donors (Lipinski definition) is 2. The van der Waals surface area contributed by atoms with E-state index in [1.165, 1.54) is 5.56 Å². The molecule has 0 fully saturated rings. The molecule has 4 nitrogen and oxygen atoms in total. The lowest BCUT2D eigenvalue weighted by Crippen LogP contribution is -2.20. The van der Waals surface area contributed by atoms with Crippen molar-refractivity contribution in [2.45, 2.75) is 6.42 Å². The molecule has 0 spiro atoms. The minimum absolute atomic E-state index is 0.260. The van der Waals surface area contributed by atoms with Crippen LogP contribution in [0.4, 0.5) is 16.2 Å². The molecule has 132 valence electrons. The third kappa shape index (κ3) is 4.12. The molecule has 1 aromatic heterocycles. The van der Waals surface area contributed by atoms with Crippen molar-refractivity contribution >= 4 is 28.2 Å². The zero-order valence-electron chi connectivity index (χ0n) is 14.7. The summed E-state index contributed by atoms with van der Waals surface area (Å²) < 4.78 is 0. The number of anilines is 2. The van der Waals surface area contributed by atoms with Gasteiger partial charge < -0.3 is 10.6 Å². The van der Waals surface area contributed by atoms with E-state index in [0.717, 1.165) is 34.1 Å². The number of rotatable bonds is 4.